The lowest BCUT2D eigenvalue weighted by molar-refractivity contribution is 0.550. The minimum atomic E-state index is -4.87. The molecule has 4 aromatic carbocycles. The molecule has 4 nitrogen and oxygen atoms in total. The van der Waals surface area contributed by atoms with Crippen molar-refractivity contribution in [3.8, 4) is 11.1 Å². The number of fused-ring (bicyclic) bond motifs is 3. The van der Waals surface area contributed by atoms with Gasteiger partial charge in [-0.25, -0.2) is 0 Å². The van der Waals surface area contributed by atoms with Gasteiger partial charge in [-0.2, -0.15) is 16.8 Å². The van der Waals surface area contributed by atoms with Crippen LogP contribution >= 0.6 is 0 Å². The molecule has 5 rings (SSSR count). The summed E-state index contributed by atoms with van der Waals surface area (Å²) in [5.74, 6) is 0. The number of rotatable bonds is 4. The SMILES string of the molecule is O=S(=O)(F)c1ccc(C2(c3ccc(S(=O)(=O)F)cc3)Cc3ccccc3-c3ccccc32)cc1. The van der Waals surface area contributed by atoms with Crippen molar-refractivity contribution in [1.29, 1.82) is 0 Å². The highest BCUT2D eigenvalue weighted by Crippen LogP contribution is 2.50. The van der Waals surface area contributed by atoms with Crippen LogP contribution in [0.15, 0.2) is 107 Å². The van der Waals surface area contributed by atoms with Crippen molar-refractivity contribution >= 4 is 20.4 Å². The molecule has 0 spiro atoms. The van der Waals surface area contributed by atoms with E-state index in [1.807, 2.05) is 48.5 Å². The molecule has 0 heterocycles. The molecule has 0 aromatic heterocycles. The van der Waals surface area contributed by atoms with Gasteiger partial charge in [-0.05, 0) is 64.1 Å². The van der Waals surface area contributed by atoms with Gasteiger partial charge in [0, 0.05) is 5.41 Å². The van der Waals surface area contributed by atoms with Crippen molar-refractivity contribution in [2.45, 2.75) is 21.6 Å². The van der Waals surface area contributed by atoms with E-state index in [0.29, 0.717) is 17.5 Å². The van der Waals surface area contributed by atoms with E-state index in [0.717, 1.165) is 22.3 Å². The normalized spacial score (nSPS) is 14.8. The first-order chi connectivity index (χ1) is 16.1. The highest BCUT2D eigenvalue weighted by atomic mass is 32.3. The Morgan fingerprint density at radius 3 is 1.50 bits per heavy atom. The van der Waals surface area contributed by atoms with E-state index < -0.39 is 35.7 Å². The summed E-state index contributed by atoms with van der Waals surface area (Å²) in [5.41, 5.74) is 4.50. The van der Waals surface area contributed by atoms with Gasteiger partial charge in [0.2, 0.25) is 0 Å². The second kappa shape index (κ2) is 7.85. The first-order valence-corrected chi connectivity index (χ1v) is 13.2. The van der Waals surface area contributed by atoms with Gasteiger partial charge >= 0.3 is 20.4 Å². The third kappa shape index (κ3) is 3.63. The molecule has 1 aliphatic carbocycles. The first-order valence-electron chi connectivity index (χ1n) is 10.4. The van der Waals surface area contributed by atoms with Gasteiger partial charge in [0.25, 0.3) is 0 Å². The molecule has 8 heteroatoms. The standard InChI is InChI=1S/C26H18F2O4S2/c27-33(29,30)21-13-9-19(10-14-21)26(20-11-15-22(16-12-20)34(28,31)32)17-18-5-1-2-6-23(18)24-7-3-4-8-25(24)26/h1-16H,17H2. The number of hydrogen-bond donors (Lipinski definition) is 0. The summed E-state index contributed by atoms with van der Waals surface area (Å²) in [6.45, 7) is 0. The fraction of sp³-hybridized carbons (Fsp3) is 0.0769. The molecular weight excluding hydrogens is 478 g/mol. The Hall–Kier alpha value is -3.36. The lowest BCUT2D eigenvalue weighted by Crippen LogP contribution is -2.35. The molecule has 0 saturated carbocycles. The van der Waals surface area contributed by atoms with E-state index >= 15 is 0 Å². The van der Waals surface area contributed by atoms with E-state index in [-0.39, 0.29) is 0 Å². The monoisotopic (exact) mass is 496 g/mol. The van der Waals surface area contributed by atoms with E-state index in [9.17, 15) is 24.6 Å². The van der Waals surface area contributed by atoms with E-state index in [4.69, 9.17) is 0 Å². The molecule has 0 atom stereocenters. The lowest BCUT2D eigenvalue weighted by Gasteiger charge is -2.41. The predicted molar refractivity (Wildman–Crippen MR) is 125 cm³/mol. The van der Waals surface area contributed by atoms with Gasteiger partial charge < -0.3 is 0 Å². The van der Waals surface area contributed by atoms with Crippen molar-refractivity contribution < 1.29 is 24.6 Å². The zero-order valence-electron chi connectivity index (χ0n) is 17.7. The molecule has 172 valence electrons. The van der Waals surface area contributed by atoms with Crippen LogP contribution in [0.4, 0.5) is 7.77 Å². The second-order valence-corrected chi connectivity index (χ2v) is 10.9. The van der Waals surface area contributed by atoms with Crippen LogP contribution in [0.1, 0.15) is 22.3 Å². The zero-order chi connectivity index (χ0) is 24.1. The van der Waals surface area contributed by atoms with Gasteiger partial charge in [0.15, 0.2) is 0 Å². The highest BCUT2D eigenvalue weighted by Gasteiger charge is 2.42. The maximum absolute atomic E-state index is 13.6. The molecule has 34 heavy (non-hydrogen) atoms. The van der Waals surface area contributed by atoms with Crippen LogP contribution in [0.5, 0.6) is 0 Å². The quantitative estimate of drug-likeness (QED) is 0.347. The Labute approximate surface area is 196 Å². The molecule has 0 unspecified atom stereocenters. The summed E-state index contributed by atoms with van der Waals surface area (Å²) in [5, 5.41) is 0. The van der Waals surface area contributed by atoms with E-state index in [1.165, 1.54) is 24.3 Å². The molecule has 1 aliphatic rings. The Bertz CT molecular complexity index is 1530. The minimum Gasteiger partial charge on any atom is -0.189 e. The van der Waals surface area contributed by atoms with Gasteiger partial charge in [-0.1, -0.05) is 72.8 Å². The fourth-order valence-corrected chi connectivity index (χ4v) is 5.82. The minimum absolute atomic E-state index is 0.449. The number of hydrogen-bond acceptors (Lipinski definition) is 4. The molecule has 0 aliphatic heterocycles. The summed E-state index contributed by atoms with van der Waals surface area (Å²) >= 11 is 0. The number of halogens is 2. The topological polar surface area (TPSA) is 68.3 Å². The average Bonchev–Trinajstić information content (AvgIpc) is 2.82. The van der Waals surface area contributed by atoms with E-state index in [2.05, 4.69) is 0 Å². The summed E-state index contributed by atoms with van der Waals surface area (Å²) in [6, 6.07) is 26.8. The summed E-state index contributed by atoms with van der Waals surface area (Å²) < 4.78 is 72.8. The third-order valence-electron chi connectivity index (χ3n) is 6.41. The molecular formula is C26H18F2O4S2. The van der Waals surface area contributed by atoms with Gasteiger partial charge in [0.05, 0.1) is 9.79 Å². The Balaban J connectivity index is 1.82. The van der Waals surface area contributed by atoms with Gasteiger partial charge in [-0.15, -0.1) is 7.77 Å². The Kier molecular flexibility index (Phi) is 5.18. The molecule has 0 N–H and O–H groups in total. The smallest absolute Gasteiger partial charge is 0.189 e. The molecule has 0 saturated heterocycles. The molecule has 0 amide bonds. The van der Waals surface area contributed by atoms with Gasteiger partial charge in [0.1, 0.15) is 0 Å². The summed E-state index contributed by atoms with van der Waals surface area (Å²) in [6.07, 6.45) is 0.476. The molecule has 0 radical (unpaired) electrons. The van der Waals surface area contributed by atoms with Crippen LogP contribution in [0.25, 0.3) is 11.1 Å². The predicted octanol–water partition coefficient (Wildman–Crippen LogP) is 5.56. The first kappa shape index (κ1) is 22.4. The zero-order valence-corrected chi connectivity index (χ0v) is 19.3. The van der Waals surface area contributed by atoms with Crippen LogP contribution in [0.3, 0.4) is 0 Å². The maximum atomic E-state index is 13.6. The third-order valence-corrected chi connectivity index (χ3v) is 8.08. The van der Waals surface area contributed by atoms with Crippen LogP contribution in [-0.4, -0.2) is 16.8 Å². The van der Waals surface area contributed by atoms with E-state index in [1.54, 1.807) is 24.3 Å². The largest absolute Gasteiger partial charge is 0.332 e. The van der Waals surface area contributed by atoms with Crippen LogP contribution < -0.4 is 0 Å². The summed E-state index contributed by atoms with van der Waals surface area (Å²) in [7, 11) is -9.75. The molecule has 4 aromatic rings. The Morgan fingerprint density at radius 2 is 1.00 bits per heavy atom. The highest BCUT2D eigenvalue weighted by molar-refractivity contribution is 7.86. The lowest BCUT2D eigenvalue weighted by atomic mass is 9.61. The van der Waals surface area contributed by atoms with Crippen molar-refractivity contribution in [1.82, 2.24) is 0 Å². The fourth-order valence-electron chi connectivity index (χ4n) is 4.89. The molecule has 0 bridgehead atoms. The van der Waals surface area contributed by atoms with Crippen LogP contribution in [-0.2, 0) is 32.3 Å². The van der Waals surface area contributed by atoms with Crippen molar-refractivity contribution in [2.24, 2.45) is 0 Å². The molecule has 0 fully saturated rings. The van der Waals surface area contributed by atoms with Crippen molar-refractivity contribution in [3.63, 3.8) is 0 Å². The average molecular weight is 497 g/mol. The van der Waals surface area contributed by atoms with Crippen LogP contribution in [0, 0.1) is 0 Å². The van der Waals surface area contributed by atoms with Crippen LogP contribution in [0.2, 0.25) is 0 Å². The van der Waals surface area contributed by atoms with Gasteiger partial charge in [-0.3, -0.25) is 0 Å². The second-order valence-electron chi connectivity index (χ2n) is 8.21. The Morgan fingerprint density at radius 1 is 0.559 bits per heavy atom. The van der Waals surface area contributed by atoms with Crippen molar-refractivity contribution in [2.75, 3.05) is 0 Å². The van der Waals surface area contributed by atoms with Crippen molar-refractivity contribution in [3.05, 3.63) is 119 Å². The summed E-state index contributed by atoms with van der Waals surface area (Å²) in [4.78, 5) is -0.899. The number of benzene rings is 4. The maximum Gasteiger partial charge on any atom is 0.332 e.